The van der Waals surface area contributed by atoms with Crippen molar-refractivity contribution < 1.29 is 22.7 Å². The van der Waals surface area contributed by atoms with E-state index in [9.17, 15) is 18.4 Å². The maximum absolute atomic E-state index is 13.1. The Bertz CT molecular complexity index is 1300. The van der Waals surface area contributed by atoms with E-state index in [1.807, 2.05) is 13.8 Å². The maximum atomic E-state index is 13.1. The van der Waals surface area contributed by atoms with Crippen molar-refractivity contribution in [2.24, 2.45) is 0 Å². The number of morpholine rings is 1. The van der Waals surface area contributed by atoms with Crippen LogP contribution in [0.5, 0.6) is 0 Å². The van der Waals surface area contributed by atoms with Crippen molar-refractivity contribution in [3.8, 4) is 0 Å². The molecule has 1 N–H and O–H groups in total. The van der Waals surface area contributed by atoms with Crippen molar-refractivity contribution in [3.05, 3.63) is 88.3 Å². The molecule has 1 aromatic heterocycles. The summed E-state index contributed by atoms with van der Waals surface area (Å²) in [6.07, 6.45) is 2.53. The lowest BCUT2D eigenvalue weighted by Gasteiger charge is -2.36. The third kappa shape index (κ3) is 5.32. The van der Waals surface area contributed by atoms with Crippen LogP contribution in [0.2, 0.25) is 5.02 Å². The van der Waals surface area contributed by atoms with E-state index in [0.29, 0.717) is 17.8 Å². The minimum absolute atomic E-state index is 0.0372. The van der Waals surface area contributed by atoms with Crippen molar-refractivity contribution in [3.63, 3.8) is 0 Å². The van der Waals surface area contributed by atoms with Gasteiger partial charge in [0.25, 0.3) is 10.0 Å². The van der Waals surface area contributed by atoms with E-state index in [1.165, 1.54) is 48.7 Å². The molecule has 0 saturated carbocycles. The van der Waals surface area contributed by atoms with Gasteiger partial charge in [0, 0.05) is 35.4 Å². The average molecular weight is 502 g/mol. The van der Waals surface area contributed by atoms with Gasteiger partial charge in [-0.05, 0) is 62.4 Å². The SMILES string of the molecule is C[C@@H]1CN(c2ccc(S(=O)(=O)Nc3ccc(Cl)cc3C(=O)c3ccc[n+]([O-])c3)cc2)C[C@H](C)O1. The van der Waals surface area contributed by atoms with E-state index >= 15 is 0 Å². The topological polar surface area (TPSA) is 103 Å². The molecule has 1 saturated heterocycles. The second kappa shape index (κ2) is 9.61. The monoisotopic (exact) mass is 501 g/mol. The number of ether oxygens (including phenoxy) is 1. The average Bonchev–Trinajstić information content (AvgIpc) is 2.79. The van der Waals surface area contributed by atoms with E-state index in [-0.39, 0.29) is 38.9 Å². The van der Waals surface area contributed by atoms with Crippen LogP contribution in [-0.2, 0) is 14.8 Å². The lowest BCUT2D eigenvalue weighted by Crippen LogP contribution is -2.45. The van der Waals surface area contributed by atoms with Gasteiger partial charge in [-0.25, -0.2) is 8.42 Å². The third-order valence-electron chi connectivity index (χ3n) is 5.44. The fourth-order valence-electron chi connectivity index (χ4n) is 3.97. The molecule has 0 aliphatic carbocycles. The van der Waals surface area contributed by atoms with Gasteiger partial charge in [-0.3, -0.25) is 9.52 Å². The number of hydrogen-bond acceptors (Lipinski definition) is 6. The Kier molecular flexibility index (Phi) is 6.79. The summed E-state index contributed by atoms with van der Waals surface area (Å²) in [7, 11) is -4.00. The molecule has 0 amide bonds. The van der Waals surface area contributed by atoms with E-state index < -0.39 is 15.8 Å². The Morgan fingerprint density at radius 3 is 2.44 bits per heavy atom. The first-order valence-electron chi connectivity index (χ1n) is 10.7. The molecule has 34 heavy (non-hydrogen) atoms. The number of halogens is 1. The van der Waals surface area contributed by atoms with E-state index in [1.54, 1.807) is 12.1 Å². The predicted molar refractivity (Wildman–Crippen MR) is 130 cm³/mol. The minimum Gasteiger partial charge on any atom is -0.619 e. The molecular formula is C24H24ClN3O5S. The molecule has 10 heteroatoms. The number of nitrogens with zero attached hydrogens (tertiary/aromatic N) is 2. The van der Waals surface area contributed by atoms with Gasteiger partial charge in [0.1, 0.15) is 0 Å². The molecule has 0 radical (unpaired) electrons. The second-order valence-electron chi connectivity index (χ2n) is 8.23. The maximum Gasteiger partial charge on any atom is 0.261 e. The molecular weight excluding hydrogens is 478 g/mol. The zero-order valence-corrected chi connectivity index (χ0v) is 20.2. The number of carbonyl (C=O) groups excluding carboxylic acids is 1. The number of rotatable bonds is 6. The van der Waals surface area contributed by atoms with E-state index in [2.05, 4.69) is 9.62 Å². The lowest BCUT2D eigenvalue weighted by atomic mass is 10.0. The summed E-state index contributed by atoms with van der Waals surface area (Å²) >= 11 is 6.07. The molecule has 0 spiro atoms. The largest absolute Gasteiger partial charge is 0.619 e. The van der Waals surface area contributed by atoms with Crippen LogP contribution in [0.3, 0.4) is 0 Å². The molecule has 8 nitrogen and oxygen atoms in total. The summed E-state index contributed by atoms with van der Waals surface area (Å²) in [4.78, 5) is 15.2. The van der Waals surface area contributed by atoms with Crippen LogP contribution in [0.15, 0.2) is 71.9 Å². The van der Waals surface area contributed by atoms with Crippen molar-refractivity contribution in [1.29, 1.82) is 0 Å². The molecule has 0 unspecified atom stereocenters. The Morgan fingerprint density at radius 1 is 1.12 bits per heavy atom. The van der Waals surface area contributed by atoms with Gasteiger partial charge in [-0.2, -0.15) is 4.73 Å². The fourth-order valence-corrected chi connectivity index (χ4v) is 5.22. The first-order chi connectivity index (χ1) is 16.1. The zero-order chi connectivity index (χ0) is 24.5. The van der Waals surface area contributed by atoms with E-state index in [4.69, 9.17) is 16.3 Å². The van der Waals surface area contributed by atoms with Crippen LogP contribution >= 0.6 is 11.6 Å². The van der Waals surface area contributed by atoms with Crippen LogP contribution < -0.4 is 14.4 Å². The van der Waals surface area contributed by atoms with Gasteiger partial charge in [0.15, 0.2) is 12.4 Å². The molecule has 1 aliphatic heterocycles. The number of nitrogens with one attached hydrogen (secondary N) is 1. The highest BCUT2D eigenvalue weighted by Gasteiger charge is 2.24. The first-order valence-corrected chi connectivity index (χ1v) is 12.5. The Labute approximate surface area is 203 Å². The highest BCUT2D eigenvalue weighted by atomic mass is 35.5. The second-order valence-corrected chi connectivity index (χ2v) is 10.4. The summed E-state index contributed by atoms with van der Waals surface area (Å²) in [5.41, 5.74) is 1.11. The van der Waals surface area contributed by atoms with Crippen LogP contribution in [0, 0.1) is 5.21 Å². The summed E-state index contributed by atoms with van der Waals surface area (Å²) < 4.78 is 34.9. The number of sulfonamides is 1. The number of ketones is 1. The number of anilines is 2. The molecule has 3 aromatic rings. The highest BCUT2D eigenvalue weighted by molar-refractivity contribution is 7.92. The van der Waals surface area contributed by atoms with Crippen LogP contribution in [0.1, 0.15) is 29.8 Å². The zero-order valence-electron chi connectivity index (χ0n) is 18.6. The smallest absolute Gasteiger partial charge is 0.261 e. The van der Waals surface area contributed by atoms with Crippen LogP contribution in [0.4, 0.5) is 11.4 Å². The van der Waals surface area contributed by atoms with Gasteiger partial charge in [-0.15, -0.1) is 0 Å². The standard InChI is InChI=1S/C24H24ClN3O5S/c1-16-13-27(14-17(2)33-16)20-6-8-21(9-7-20)34(31,32)26-23-10-5-19(25)12-22(23)24(29)18-4-3-11-28(30)15-18/h3-12,15-17,26H,13-14H2,1-2H3/t16-,17+. The third-order valence-corrected chi connectivity index (χ3v) is 7.06. The molecule has 2 atom stereocenters. The minimum atomic E-state index is -4.00. The number of carbonyl (C=O) groups is 1. The van der Waals surface area contributed by atoms with Crippen molar-refractivity contribution in [1.82, 2.24) is 0 Å². The number of benzene rings is 2. The van der Waals surface area contributed by atoms with E-state index in [0.717, 1.165) is 11.9 Å². The van der Waals surface area contributed by atoms with Gasteiger partial charge < -0.3 is 14.8 Å². The van der Waals surface area contributed by atoms with Gasteiger partial charge in [0.05, 0.1) is 28.4 Å². The van der Waals surface area contributed by atoms with Crippen LogP contribution in [-0.4, -0.2) is 39.5 Å². The molecule has 0 bridgehead atoms. The number of pyridine rings is 1. The van der Waals surface area contributed by atoms with Crippen LogP contribution in [0.25, 0.3) is 0 Å². The summed E-state index contributed by atoms with van der Waals surface area (Å²) in [6, 6.07) is 13.7. The molecule has 1 fully saturated rings. The molecule has 178 valence electrons. The predicted octanol–water partition coefficient (Wildman–Crippen LogP) is 3.62. The normalized spacial score (nSPS) is 18.5. The van der Waals surface area contributed by atoms with Crippen molar-refractivity contribution >= 4 is 38.8 Å². The van der Waals surface area contributed by atoms with Gasteiger partial charge in [0.2, 0.25) is 5.78 Å². The summed E-state index contributed by atoms with van der Waals surface area (Å²) in [5, 5.41) is 11.8. The quantitative estimate of drug-likeness (QED) is 0.314. The fraction of sp³-hybridized carbons (Fsp3) is 0.250. The lowest BCUT2D eigenvalue weighted by molar-refractivity contribution is -0.605. The summed E-state index contributed by atoms with van der Waals surface area (Å²) in [5.74, 6) is -0.531. The number of aromatic nitrogens is 1. The Morgan fingerprint density at radius 2 is 1.79 bits per heavy atom. The molecule has 4 rings (SSSR count). The van der Waals surface area contributed by atoms with Crippen molar-refractivity contribution in [2.75, 3.05) is 22.7 Å². The van der Waals surface area contributed by atoms with Gasteiger partial charge in [-0.1, -0.05) is 11.6 Å². The van der Waals surface area contributed by atoms with Crippen molar-refractivity contribution in [2.45, 2.75) is 31.0 Å². The van der Waals surface area contributed by atoms with Gasteiger partial charge >= 0.3 is 0 Å². The molecule has 2 heterocycles. The Hall–Kier alpha value is -3.14. The highest BCUT2D eigenvalue weighted by Crippen LogP contribution is 2.27. The molecule has 1 aliphatic rings. The summed E-state index contributed by atoms with van der Waals surface area (Å²) in [6.45, 7) is 5.44. The Balaban J connectivity index is 1.59. The first kappa shape index (κ1) is 24.0. The number of hydrogen-bond donors (Lipinski definition) is 1. The molecule has 2 aromatic carbocycles.